The molecule has 2 rings (SSSR count). The molecule has 0 aromatic carbocycles. The predicted molar refractivity (Wildman–Crippen MR) is 58.6 cm³/mol. The number of halogens is 1. The Labute approximate surface area is 92.4 Å². The number of amides is 1. The monoisotopic (exact) mass is 267 g/mol. The average molecular weight is 268 g/mol. The number of hydrogen-bond donors (Lipinski definition) is 2. The highest BCUT2D eigenvalue weighted by molar-refractivity contribution is 9.10. The van der Waals surface area contributed by atoms with Gasteiger partial charge in [0, 0.05) is 18.6 Å². The van der Waals surface area contributed by atoms with Crippen molar-refractivity contribution in [2.75, 3.05) is 0 Å². The van der Waals surface area contributed by atoms with E-state index in [-0.39, 0.29) is 5.56 Å². The normalized spacial score (nSPS) is 10.5. The van der Waals surface area contributed by atoms with Crippen LogP contribution in [0.2, 0.25) is 0 Å². The van der Waals surface area contributed by atoms with Crippen LogP contribution in [-0.2, 0) is 0 Å². The molecule has 0 fully saturated rings. The first-order valence-electron chi connectivity index (χ1n) is 4.06. The molecule has 0 saturated heterocycles. The maximum absolute atomic E-state index is 11.7. The number of H-pyrrole nitrogens is 1. The van der Waals surface area contributed by atoms with E-state index in [9.17, 15) is 9.59 Å². The van der Waals surface area contributed by atoms with E-state index < -0.39 is 11.3 Å². The minimum absolute atomic E-state index is 0.0672. The standard InChI is InChI=1S/C9H6BrN3O2/c10-6-3-12-1-4-7(6)13-2-5(8(4)14)9(11)15/h1-3H,(H2,11,15)(H,13,14). The van der Waals surface area contributed by atoms with Gasteiger partial charge >= 0.3 is 0 Å². The van der Waals surface area contributed by atoms with Gasteiger partial charge in [-0.25, -0.2) is 0 Å². The van der Waals surface area contributed by atoms with Gasteiger partial charge in [-0.05, 0) is 15.9 Å². The van der Waals surface area contributed by atoms with Crippen molar-refractivity contribution >= 4 is 32.7 Å². The summed E-state index contributed by atoms with van der Waals surface area (Å²) >= 11 is 3.24. The van der Waals surface area contributed by atoms with Gasteiger partial charge in [-0.1, -0.05) is 0 Å². The largest absolute Gasteiger partial charge is 0.365 e. The highest BCUT2D eigenvalue weighted by Crippen LogP contribution is 2.17. The third-order valence-electron chi connectivity index (χ3n) is 2.02. The molecule has 6 heteroatoms. The van der Waals surface area contributed by atoms with Crippen LogP contribution in [0.4, 0.5) is 0 Å². The van der Waals surface area contributed by atoms with Crippen LogP contribution in [0.3, 0.4) is 0 Å². The van der Waals surface area contributed by atoms with E-state index in [0.717, 1.165) is 0 Å². The lowest BCUT2D eigenvalue weighted by atomic mass is 10.2. The number of rotatable bonds is 1. The van der Waals surface area contributed by atoms with Crippen LogP contribution in [0.25, 0.3) is 10.9 Å². The number of primary amides is 1. The summed E-state index contributed by atoms with van der Waals surface area (Å²) < 4.78 is 0.660. The second kappa shape index (κ2) is 3.47. The molecule has 0 unspecified atom stereocenters. The molecule has 0 atom stereocenters. The van der Waals surface area contributed by atoms with Gasteiger partial charge in [0.25, 0.3) is 5.91 Å². The van der Waals surface area contributed by atoms with Crippen molar-refractivity contribution in [2.45, 2.75) is 0 Å². The number of carbonyl (C=O) groups is 1. The number of pyridine rings is 2. The zero-order chi connectivity index (χ0) is 11.0. The summed E-state index contributed by atoms with van der Waals surface area (Å²) in [4.78, 5) is 29.3. The van der Waals surface area contributed by atoms with Crippen LogP contribution in [0, 0.1) is 0 Å². The highest BCUT2D eigenvalue weighted by Gasteiger charge is 2.10. The van der Waals surface area contributed by atoms with Crippen LogP contribution in [0.1, 0.15) is 10.4 Å². The van der Waals surface area contributed by atoms with Crippen molar-refractivity contribution in [2.24, 2.45) is 5.73 Å². The minimum Gasteiger partial charge on any atom is -0.365 e. The summed E-state index contributed by atoms with van der Waals surface area (Å²) in [6.07, 6.45) is 4.26. The molecule has 0 spiro atoms. The molecule has 0 aliphatic carbocycles. The molecule has 0 aliphatic rings. The number of fused-ring (bicyclic) bond motifs is 1. The molecule has 15 heavy (non-hydrogen) atoms. The van der Waals surface area contributed by atoms with Gasteiger partial charge in [-0.15, -0.1) is 0 Å². The predicted octanol–water partition coefficient (Wildman–Crippen LogP) is 0.784. The van der Waals surface area contributed by atoms with E-state index in [1.165, 1.54) is 12.4 Å². The van der Waals surface area contributed by atoms with Crippen molar-refractivity contribution in [3.8, 4) is 0 Å². The first-order valence-corrected chi connectivity index (χ1v) is 4.85. The van der Waals surface area contributed by atoms with Crippen LogP contribution in [0.15, 0.2) is 27.9 Å². The molecular weight excluding hydrogens is 262 g/mol. The Balaban J connectivity index is 2.92. The van der Waals surface area contributed by atoms with Crippen molar-refractivity contribution in [1.29, 1.82) is 0 Å². The maximum atomic E-state index is 11.7. The Bertz CT molecular complexity index is 606. The molecule has 3 N–H and O–H groups in total. The van der Waals surface area contributed by atoms with Crippen molar-refractivity contribution < 1.29 is 4.79 Å². The Morgan fingerprint density at radius 3 is 2.87 bits per heavy atom. The molecule has 0 aliphatic heterocycles. The first-order chi connectivity index (χ1) is 7.11. The Kier molecular flexibility index (Phi) is 2.28. The van der Waals surface area contributed by atoms with E-state index in [4.69, 9.17) is 5.73 Å². The van der Waals surface area contributed by atoms with E-state index in [0.29, 0.717) is 15.4 Å². The van der Waals surface area contributed by atoms with Gasteiger partial charge in [0.2, 0.25) is 5.43 Å². The molecule has 0 radical (unpaired) electrons. The quantitative estimate of drug-likeness (QED) is 0.801. The third-order valence-corrected chi connectivity index (χ3v) is 2.62. The fourth-order valence-corrected chi connectivity index (χ4v) is 1.74. The molecule has 0 saturated carbocycles. The van der Waals surface area contributed by atoms with Gasteiger partial charge in [0.15, 0.2) is 0 Å². The van der Waals surface area contributed by atoms with E-state index >= 15 is 0 Å². The van der Waals surface area contributed by atoms with Gasteiger partial charge < -0.3 is 10.7 Å². The van der Waals surface area contributed by atoms with Crippen LogP contribution < -0.4 is 11.2 Å². The lowest BCUT2D eigenvalue weighted by molar-refractivity contribution is 0.0999. The van der Waals surface area contributed by atoms with Crippen LogP contribution >= 0.6 is 15.9 Å². The molecule has 76 valence electrons. The highest BCUT2D eigenvalue weighted by atomic mass is 79.9. The summed E-state index contributed by atoms with van der Waals surface area (Å²) in [6, 6.07) is 0. The zero-order valence-electron chi connectivity index (χ0n) is 7.45. The van der Waals surface area contributed by atoms with Crippen molar-refractivity contribution in [3.63, 3.8) is 0 Å². The molecule has 2 aromatic heterocycles. The smallest absolute Gasteiger partial charge is 0.254 e. The minimum atomic E-state index is -0.752. The fraction of sp³-hybridized carbons (Fsp3) is 0. The Morgan fingerprint density at radius 2 is 2.20 bits per heavy atom. The fourth-order valence-electron chi connectivity index (χ4n) is 1.29. The molecule has 0 bridgehead atoms. The summed E-state index contributed by atoms with van der Waals surface area (Å²) in [6.45, 7) is 0. The van der Waals surface area contributed by atoms with Gasteiger partial charge in [0.05, 0.1) is 15.4 Å². The third kappa shape index (κ3) is 1.52. The summed E-state index contributed by atoms with van der Waals surface area (Å²) in [5, 5.41) is 0.334. The number of nitrogens with one attached hydrogen (secondary N) is 1. The number of carbonyl (C=O) groups excluding carboxylic acids is 1. The summed E-state index contributed by atoms with van der Waals surface area (Å²) in [5.74, 6) is -0.752. The van der Waals surface area contributed by atoms with E-state index in [1.54, 1.807) is 6.20 Å². The van der Waals surface area contributed by atoms with Crippen LogP contribution in [-0.4, -0.2) is 15.9 Å². The lowest BCUT2D eigenvalue weighted by Gasteiger charge is -2.01. The SMILES string of the molecule is NC(=O)c1c[nH]c2c(Br)cncc2c1=O. The van der Waals surface area contributed by atoms with E-state index in [2.05, 4.69) is 25.9 Å². The molecule has 1 amide bonds. The van der Waals surface area contributed by atoms with Crippen LogP contribution in [0.5, 0.6) is 0 Å². The summed E-state index contributed by atoms with van der Waals surface area (Å²) in [7, 11) is 0. The number of hydrogen-bond acceptors (Lipinski definition) is 3. The first kappa shape index (κ1) is 9.85. The number of nitrogens with zero attached hydrogens (tertiary/aromatic N) is 1. The average Bonchev–Trinajstić information content (AvgIpc) is 2.19. The molecular formula is C9H6BrN3O2. The van der Waals surface area contributed by atoms with Gasteiger partial charge in [-0.2, -0.15) is 0 Å². The Hall–Kier alpha value is -1.69. The van der Waals surface area contributed by atoms with E-state index in [1.807, 2.05) is 0 Å². The van der Waals surface area contributed by atoms with Gasteiger partial charge in [-0.3, -0.25) is 14.6 Å². The lowest BCUT2D eigenvalue weighted by Crippen LogP contribution is -2.22. The zero-order valence-corrected chi connectivity index (χ0v) is 9.04. The topological polar surface area (TPSA) is 88.8 Å². The Morgan fingerprint density at radius 1 is 1.47 bits per heavy atom. The summed E-state index contributed by atoms with van der Waals surface area (Å²) in [5.41, 5.74) is 5.17. The van der Waals surface area contributed by atoms with Crippen molar-refractivity contribution in [1.82, 2.24) is 9.97 Å². The number of aromatic amines is 1. The maximum Gasteiger partial charge on any atom is 0.254 e. The second-order valence-corrected chi connectivity index (χ2v) is 3.79. The number of aromatic nitrogens is 2. The molecule has 2 aromatic rings. The van der Waals surface area contributed by atoms with Crippen molar-refractivity contribution in [3.05, 3.63) is 38.9 Å². The van der Waals surface area contributed by atoms with Gasteiger partial charge in [0.1, 0.15) is 5.56 Å². The second-order valence-electron chi connectivity index (χ2n) is 2.94. The number of nitrogens with two attached hydrogens (primary N) is 1. The molecule has 2 heterocycles. The molecule has 5 nitrogen and oxygen atoms in total.